The van der Waals surface area contributed by atoms with Gasteiger partial charge in [0.25, 0.3) is 0 Å². The molecule has 0 heteroatoms. The third-order valence-electron chi connectivity index (χ3n) is 6.18. The zero-order valence-electron chi connectivity index (χ0n) is 21.5. The van der Waals surface area contributed by atoms with Crippen LogP contribution in [-0.2, 0) is 0 Å². The molecule has 0 aliphatic heterocycles. The summed E-state index contributed by atoms with van der Waals surface area (Å²) in [4.78, 5) is 0. The lowest BCUT2D eigenvalue weighted by Crippen LogP contribution is -1.64. The quantitative estimate of drug-likeness (QED) is 0.195. The minimum absolute atomic E-state index is 0.944. The molecule has 11 aromatic rings. The van der Waals surface area contributed by atoms with Crippen LogP contribution in [0.3, 0.4) is 0 Å². The Hall–Kier alpha value is -6.10. The van der Waals surface area contributed by atoms with Crippen molar-refractivity contribution in [3.8, 4) is 0 Å². The standard InChI is InChI=1S/C40H20/c1-2-32-4-3-31(1)21-22-33-5-7-35(8-6-33)25-26-37-13-15-39(16-14-37)29-30-40-19-17-38(18-20-40)28-27-36-11-9-34(10-12-36)24-23-32/h1-20H. The van der Waals surface area contributed by atoms with E-state index in [0.717, 1.165) is 53.9 Å². The predicted molar refractivity (Wildman–Crippen MR) is 164 cm³/mol. The molecule has 11 rings (SSSR count). The highest BCUT2D eigenvalue weighted by atomic mass is 13.9. The number of hydrogen-bond acceptors (Lipinski definition) is 0. The van der Waals surface area contributed by atoms with Crippen molar-refractivity contribution in [1.82, 2.24) is 0 Å². The molecular formula is C40H20. The second-order valence-electron chi connectivity index (χ2n) is 9.14. The highest BCUT2D eigenvalue weighted by molar-refractivity contribution is 5.66. The maximum Gasteiger partial charge on any atom is 0.0249 e. The SMILES string of the molecule is c1c2ccc(c#cc3ccc(c#cc4ccc(c#cc5ccc(c#cc6ccc(c#1)cc6)cc5)cc4)cc3)cc2. The van der Waals surface area contributed by atoms with Gasteiger partial charge in [-0.3, -0.25) is 0 Å². The lowest BCUT2D eigenvalue weighted by molar-refractivity contribution is 1.79. The fraction of sp³-hybridized carbons (Fsp3) is 0. The van der Waals surface area contributed by atoms with Gasteiger partial charge in [0, 0.05) is 53.9 Å². The van der Waals surface area contributed by atoms with Gasteiger partial charge >= 0.3 is 0 Å². The Morgan fingerprint density at radius 3 is 0.300 bits per heavy atom. The molecule has 0 radical (unpaired) electrons. The molecule has 40 heavy (non-hydrogen) atoms. The molecule has 0 heterocycles. The van der Waals surface area contributed by atoms with Gasteiger partial charge in [-0.05, 0) is 121 Å². The van der Waals surface area contributed by atoms with E-state index in [1.165, 1.54) is 0 Å². The first-order valence-corrected chi connectivity index (χ1v) is 12.9. The summed E-state index contributed by atoms with van der Waals surface area (Å²) in [6, 6.07) is 72.2. The van der Waals surface area contributed by atoms with Gasteiger partial charge in [0.1, 0.15) is 0 Å². The van der Waals surface area contributed by atoms with Gasteiger partial charge in [-0.2, -0.15) is 0 Å². The van der Waals surface area contributed by atoms with E-state index in [0.29, 0.717) is 0 Å². The van der Waals surface area contributed by atoms with Crippen molar-refractivity contribution in [2.75, 3.05) is 0 Å². The molecule has 0 N–H and O–H groups in total. The summed E-state index contributed by atoms with van der Waals surface area (Å²) >= 11 is 0. The topological polar surface area (TPSA) is 0 Å². The first-order valence-electron chi connectivity index (χ1n) is 12.9. The molecule has 10 bridgehead atoms. The summed E-state index contributed by atoms with van der Waals surface area (Å²) in [6.45, 7) is 0. The maximum atomic E-state index is 3.23. The second kappa shape index (κ2) is 11.5. The van der Waals surface area contributed by atoms with Crippen LogP contribution in [0, 0.1) is 60.7 Å². The highest BCUT2D eigenvalue weighted by Gasteiger charge is 1.85. The van der Waals surface area contributed by atoms with E-state index in [1.807, 2.05) is 121 Å². The largest absolute Gasteiger partial charge is 0.0617 e. The summed E-state index contributed by atoms with van der Waals surface area (Å²) in [5.74, 6) is 0. The van der Waals surface area contributed by atoms with E-state index >= 15 is 0 Å². The van der Waals surface area contributed by atoms with Crippen LogP contribution in [0.1, 0.15) is 0 Å². The molecular weight excluding hydrogens is 480 g/mol. The van der Waals surface area contributed by atoms with Gasteiger partial charge in [-0.25, -0.2) is 0 Å². The van der Waals surface area contributed by atoms with Crippen molar-refractivity contribution in [2.45, 2.75) is 0 Å². The Morgan fingerprint density at radius 2 is 0.225 bits per heavy atom. The first-order chi connectivity index (χ1) is 19.7. The van der Waals surface area contributed by atoms with E-state index in [9.17, 15) is 0 Å². The van der Waals surface area contributed by atoms with Crippen LogP contribution in [0.2, 0.25) is 0 Å². The molecule has 0 aliphatic rings. The predicted octanol–water partition coefficient (Wildman–Crippen LogP) is 9.39. The molecule has 0 amide bonds. The Kier molecular flexibility index (Phi) is 6.99. The van der Waals surface area contributed by atoms with Crippen molar-refractivity contribution in [3.05, 3.63) is 182 Å². The van der Waals surface area contributed by atoms with Crippen molar-refractivity contribution in [2.24, 2.45) is 0 Å². The average molecular weight is 501 g/mol. The van der Waals surface area contributed by atoms with Crippen molar-refractivity contribution in [3.63, 3.8) is 0 Å². The molecule has 0 atom stereocenters. The lowest BCUT2D eigenvalue weighted by Gasteiger charge is -1.86. The summed E-state index contributed by atoms with van der Waals surface area (Å²) in [7, 11) is 0. The van der Waals surface area contributed by atoms with Gasteiger partial charge in [0.15, 0.2) is 0 Å². The van der Waals surface area contributed by atoms with E-state index in [1.54, 1.807) is 0 Å². The Balaban J connectivity index is 1.44. The van der Waals surface area contributed by atoms with Crippen LogP contribution in [-0.4, -0.2) is 0 Å². The van der Waals surface area contributed by atoms with Crippen LogP contribution < -0.4 is 0 Å². The zero-order chi connectivity index (χ0) is 27.0. The zero-order valence-corrected chi connectivity index (χ0v) is 21.5. The summed E-state index contributed by atoms with van der Waals surface area (Å²) in [5.41, 5.74) is 0. The van der Waals surface area contributed by atoms with Crippen LogP contribution in [0.25, 0.3) is 53.9 Å². The number of benzene rings is 5. The number of hydrogen-bond donors (Lipinski definition) is 0. The fourth-order valence-electron chi connectivity index (χ4n) is 3.91. The second-order valence-corrected chi connectivity index (χ2v) is 9.14. The summed E-state index contributed by atoms with van der Waals surface area (Å²) < 4.78 is 0. The molecule has 0 saturated carbocycles. The lowest BCUT2D eigenvalue weighted by atomic mass is 10.2. The minimum Gasteiger partial charge on any atom is -0.0617 e. The van der Waals surface area contributed by atoms with E-state index in [-0.39, 0.29) is 0 Å². The van der Waals surface area contributed by atoms with Crippen molar-refractivity contribution < 1.29 is 0 Å². The van der Waals surface area contributed by atoms with Crippen molar-refractivity contribution >= 4 is 53.9 Å². The van der Waals surface area contributed by atoms with E-state index < -0.39 is 0 Å². The van der Waals surface area contributed by atoms with Gasteiger partial charge in [0.05, 0.1) is 0 Å². The summed E-state index contributed by atoms with van der Waals surface area (Å²) in [5, 5.41) is 9.44. The first kappa shape index (κ1) is 24.2. The van der Waals surface area contributed by atoms with Crippen LogP contribution >= 0.6 is 0 Å². The Bertz CT molecular complexity index is 1470. The van der Waals surface area contributed by atoms with Crippen LogP contribution in [0.5, 0.6) is 0 Å². The van der Waals surface area contributed by atoms with Crippen molar-refractivity contribution in [1.29, 1.82) is 0 Å². The molecule has 0 fully saturated rings. The van der Waals surface area contributed by atoms with Gasteiger partial charge in [-0.15, -0.1) is 0 Å². The Labute approximate surface area is 235 Å². The maximum absolute atomic E-state index is 3.23. The van der Waals surface area contributed by atoms with Gasteiger partial charge in [-0.1, -0.05) is 60.7 Å². The number of rotatable bonds is 0. The van der Waals surface area contributed by atoms with E-state index in [4.69, 9.17) is 0 Å². The third kappa shape index (κ3) is 6.42. The van der Waals surface area contributed by atoms with Gasteiger partial charge < -0.3 is 0 Å². The molecule has 0 nitrogen and oxygen atoms in total. The third-order valence-corrected chi connectivity index (χ3v) is 6.18. The van der Waals surface area contributed by atoms with E-state index in [2.05, 4.69) is 60.7 Å². The smallest absolute Gasteiger partial charge is 0.0249 e. The van der Waals surface area contributed by atoms with Gasteiger partial charge in [0.2, 0.25) is 0 Å². The molecule has 0 spiro atoms. The van der Waals surface area contributed by atoms with Crippen LogP contribution in [0.15, 0.2) is 121 Å². The molecule has 0 aromatic heterocycles. The fourth-order valence-corrected chi connectivity index (χ4v) is 3.91. The highest BCUT2D eigenvalue weighted by Crippen LogP contribution is 2.07. The Morgan fingerprint density at radius 1 is 0.150 bits per heavy atom. The normalized spacial score (nSPS) is 9.50. The van der Waals surface area contributed by atoms with Crippen LogP contribution in [0.4, 0.5) is 0 Å². The summed E-state index contributed by atoms with van der Waals surface area (Å²) in [6.07, 6.45) is 0. The molecule has 11 aromatic carbocycles. The monoisotopic (exact) mass is 500 g/mol. The molecule has 180 valence electrons. The number of fused-ring (bicyclic) bond motifs is 5. The average Bonchev–Trinajstić information content (AvgIpc) is 3.02. The minimum atomic E-state index is 0.944. The molecule has 0 unspecified atom stereocenters. The molecule has 0 aliphatic carbocycles. The molecule has 0 saturated heterocycles.